The van der Waals surface area contributed by atoms with Crippen molar-refractivity contribution in [2.75, 3.05) is 7.11 Å². The first kappa shape index (κ1) is 23.4. The summed E-state index contributed by atoms with van der Waals surface area (Å²) < 4.78 is 25.1. The van der Waals surface area contributed by atoms with Crippen molar-refractivity contribution in [2.45, 2.75) is 13.2 Å². The van der Waals surface area contributed by atoms with Crippen molar-refractivity contribution in [1.82, 2.24) is 10.2 Å². The van der Waals surface area contributed by atoms with Gasteiger partial charge >= 0.3 is 6.03 Å². The van der Waals surface area contributed by atoms with E-state index >= 15 is 0 Å². The number of halogens is 1. The lowest BCUT2D eigenvalue weighted by Gasteiger charge is -2.12. The largest absolute Gasteiger partial charge is 0.493 e. The van der Waals surface area contributed by atoms with Crippen molar-refractivity contribution in [3.05, 3.63) is 105 Å². The minimum absolute atomic E-state index is 0.0348. The molecule has 9 nitrogen and oxygen atoms in total. The van der Waals surface area contributed by atoms with Gasteiger partial charge in [-0.2, -0.15) is 0 Å². The first-order valence-electron chi connectivity index (χ1n) is 10.5. The highest BCUT2D eigenvalue weighted by molar-refractivity contribution is 6.13. The van der Waals surface area contributed by atoms with Crippen LogP contribution >= 0.6 is 0 Å². The molecule has 0 radical (unpaired) electrons. The van der Waals surface area contributed by atoms with Crippen LogP contribution in [0.25, 0.3) is 6.08 Å². The van der Waals surface area contributed by atoms with Crippen molar-refractivity contribution in [3.8, 4) is 11.5 Å². The number of rotatable bonds is 8. The third-order valence-corrected chi connectivity index (χ3v) is 5.26. The van der Waals surface area contributed by atoms with Crippen molar-refractivity contribution in [2.24, 2.45) is 0 Å². The SMILES string of the molecule is COc1cc(/C=C2/NC(=O)N(Cc3ccccc3F)C2=O)ccc1OCc1cccc([N+](=O)[O-])c1. The predicted octanol–water partition coefficient (Wildman–Crippen LogP) is 4.41. The molecule has 1 heterocycles. The molecule has 1 fully saturated rings. The van der Waals surface area contributed by atoms with Crippen molar-refractivity contribution in [3.63, 3.8) is 0 Å². The van der Waals surface area contributed by atoms with Gasteiger partial charge in [0.2, 0.25) is 0 Å². The summed E-state index contributed by atoms with van der Waals surface area (Å²) in [4.78, 5) is 36.4. The quantitative estimate of drug-likeness (QED) is 0.223. The molecular weight excluding hydrogens is 457 g/mol. The number of benzene rings is 3. The van der Waals surface area contributed by atoms with Crippen LogP contribution in [0, 0.1) is 15.9 Å². The van der Waals surface area contributed by atoms with Crippen molar-refractivity contribution in [1.29, 1.82) is 0 Å². The van der Waals surface area contributed by atoms with E-state index in [4.69, 9.17) is 9.47 Å². The van der Waals surface area contributed by atoms with Crippen molar-refractivity contribution >= 4 is 23.7 Å². The minimum Gasteiger partial charge on any atom is -0.493 e. The second-order valence-corrected chi connectivity index (χ2v) is 7.60. The molecule has 0 saturated carbocycles. The van der Waals surface area contributed by atoms with E-state index in [9.17, 15) is 24.1 Å². The van der Waals surface area contributed by atoms with Crippen LogP contribution in [-0.4, -0.2) is 28.9 Å². The number of hydrogen-bond acceptors (Lipinski definition) is 6. The van der Waals surface area contributed by atoms with Gasteiger partial charge in [-0.1, -0.05) is 36.4 Å². The lowest BCUT2D eigenvalue weighted by molar-refractivity contribution is -0.384. The Morgan fingerprint density at radius 2 is 1.86 bits per heavy atom. The van der Waals surface area contributed by atoms with Crippen LogP contribution in [0.1, 0.15) is 16.7 Å². The maximum Gasteiger partial charge on any atom is 0.329 e. The predicted molar refractivity (Wildman–Crippen MR) is 124 cm³/mol. The Kier molecular flexibility index (Phi) is 6.72. The molecular formula is C25H20FN3O6. The molecule has 10 heteroatoms. The average Bonchev–Trinajstić information content (AvgIpc) is 3.11. The molecule has 1 N–H and O–H groups in total. The standard InChI is InChI=1S/C25H20FN3O6/c1-34-23-13-16(9-10-22(23)35-15-17-5-4-7-19(11-17)29(32)33)12-21-24(30)28(25(31)27-21)14-18-6-2-3-8-20(18)26/h2-13H,14-15H2,1H3,(H,27,31)/b21-12+. The highest BCUT2D eigenvalue weighted by atomic mass is 19.1. The van der Waals surface area contributed by atoms with Gasteiger partial charge in [0.1, 0.15) is 18.1 Å². The van der Waals surface area contributed by atoms with Gasteiger partial charge in [0.25, 0.3) is 11.6 Å². The number of nitrogens with zero attached hydrogens (tertiary/aromatic N) is 2. The van der Waals surface area contributed by atoms with E-state index in [1.54, 1.807) is 36.4 Å². The number of nitrogens with one attached hydrogen (secondary N) is 1. The Balaban J connectivity index is 1.49. The Morgan fingerprint density at radius 3 is 2.60 bits per heavy atom. The molecule has 1 saturated heterocycles. The maximum absolute atomic E-state index is 13.9. The minimum atomic E-state index is -0.645. The van der Waals surface area contributed by atoms with E-state index in [0.717, 1.165) is 4.90 Å². The second-order valence-electron chi connectivity index (χ2n) is 7.60. The van der Waals surface area contributed by atoms with Crippen LogP contribution in [0.4, 0.5) is 14.9 Å². The zero-order valence-corrected chi connectivity index (χ0v) is 18.6. The Labute approximate surface area is 199 Å². The Morgan fingerprint density at radius 1 is 1.06 bits per heavy atom. The monoisotopic (exact) mass is 477 g/mol. The molecule has 3 amide bonds. The summed E-state index contributed by atoms with van der Waals surface area (Å²) in [5.41, 5.74) is 1.40. The number of amides is 3. The van der Waals surface area contributed by atoms with Crippen LogP contribution in [0.15, 0.2) is 72.4 Å². The van der Waals surface area contributed by atoms with Crippen molar-refractivity contribution < 1.29 is 28.4 Å². The van der Waals surface area contributed by atoms with E-state index in [2.05, 4.69) is 5.32 Å². The van der Waals surface area contributed by atoms with Gasteiger partial charge in [-0.25, -0.2) is 9.18 Å². The van der Waals surface area contributed by atoms with Gasteiger partial charge in [0.05, 0.1) is 18.6 Å². The molecule has 178 valence electrons. The summed E-state index contributed by atoms with van der Waals surface area (Å²) in [5, 5.41) is 13.5. The van der Waals surface area contributed by atoms with Gasteiger partial charge in [-0.05, 0) is 35.4 Å². The highest BCUT2D eigenvalue weighted by Crippen LogP contribution is 2.30. The first-order valence-corrected chi connectivity index (χ1v) is 10.5. The number of imide groups is 1. The molecule has 3 aromatic rings. The Hall–Kier alpha value is -4.73. The first-order chi connectivity index (χ1) is 16.9. The summed E-state index contributed by atoms with van der Waals surface area (Å²) in [7, 11) is 1.45. The van der Waals surface area contributed by atoms with Crippen LogP contribution in [0.2, 0.25) is 0 Å². The molecule has 0 bridgehead atoms. The number of ether oxygens (including phenoxy) is 2. The molecule has 35 heavy (non-hydrogen) atoms. The van der Waals surface area contributed by atoms with E-state index < -0.39 is 22.7 Å². The van der Waals surface area contributed by atoms with Gasteiger partial charge in [-0.15, -0.1) is 0 Å². The fraction of sp³-hybridized carbons (Fsp3) is 0.120. The number of carbonyl (C=O) groups is 2. The molecule has 0 aromatic heterocycles. The van der Waals surface area contributed by atoms with E-state index in [1.807, 2.05) is 0 Å². The zero-order valence-electron chi connectivity index (χ0n) is 18.6. The number of urea groups is 1. The molecule has 1 aliphatic rings. The zero-order chi connectivity index (χ0) is 24.9. The second kappa shape index (κ2) is 10.0. The van der Waals surface area contributed by atoms with Gasteiger partial charge in [0, 0.05) is 17.7 Å². The molecule has 0 unspecified atom stereocenters. The molecule has 0 atom stereocenters. The van der Waals surface area contributed by atoms with E-state index in [1.165, 1.54) is 43.5 Å². The summed E-state index contributed by atoms with van der Waals surface area (Å²) in [6.07, 6.45) is 1.48. The summed E-state index contributed by atoms with van der Waals surface area (Å²) in [5.74, 6) is -0.326. The number of carbonyl (C=O) groups excluding carboxylic acids is 2. The fourth-order valence-corrected chi connectivity index (χ4v) is 3.49. The number of nitro benzene ring substituents is 1. The molecule has 0 spiro atoms. The van der Waals surface area contributed by atoms with Gasteiger partial charge in [-0.3, -0.25) is 19.8 Å². The number of hydrogen-bond donors (Lipinski definition) is 1. The summed E-state index contributed by atoms with van der Waals surface area (Å²) >= 11 is 0. The van der Waals surface area contributed by atoms with Crippen LogP contribution in [0.3, 0.4) is 0 Å². The summed E-state index contributed by atoms with van der Waals surface area (Å²) in [6, 6.07) is 16.3. The highest BCUT2D eigenvalue weighted by Gasteiger charge is 2.34. The third kappa shape index (κ3) is 5.27. The van der Waals surface area contributed by atoms with Crippen LogP contribution in [-0.2, 0) is 17.9 Å². The summed E-state index contributed by atoms with van der Waals surface area (Å²) in [6.45, 7) is -0.111. The maximum atomic E-state index is 13.9. The molecule has 4 rings (SSSR count). The number of nitro groups is 1. The number of methoxy groups -OCH3 is 1. The van der Waals surface area contributed by atoms with Gasteiger partial charge in [0.15, 0.2) is 11.5 Å². The normalized spacial score (nSPS) is 14.2. The van der Waals surface area contributed by atoms with E-state index in [-0.39, 0.29) is 30.1 Å². The van der Waals surface area contributed by atoms with Crippen LogP contribution < -0.4 is 14.8 Å². The topological polar surface area (TPSA) is 111 Å². The van der Waals surface area contributed by atoms with Gasteiger partial charge < -0.3 is 14.8 Å². The molecule has 1 aliphatic heterocycles. The third-order valence-electron chi connectivity index (χ3n) is 5.26. The van der Waals surface area contributed by atoms with Crippen LogP contribution in [0.5, 0.6) is 11.5 Å². The molecule has 0 aliphatic carbocycles. The fourth-order valence-electron chi connectivity index (χ4n) is 3.49. The number of non-ortho nitro benzene ring substituents is 1. The average molecular weight is 477 g/mol. The lowest BCUT2D eigenvalue weighted by atomic mass is 10.1. The van der Waals surface area contributed by atoms with E-state index in [0.29, 0.717) is 22.6 Å². The lowest BCUT2D eigenvalue weighted by Crippen LogP contribution is -2.30. The Bertz CT molecular complexity index is 1340. The smallest absolute Gasteiger partial charge is 0.329 e. The molecule has 3 aromatic carbocycles.